The molecule has 5 rings (SSSR count). The Morgan fingerprint density at radius 3 is 2.09 bits per heavy atom. The lowest BCUT2D eigenvalue weighted by atomic mass is 9.90. The number of carbonyl (C=O) groups excluding carboxylic acids is 1. The molecule has 4 aromatic carbocycles. The van der Waals surface area contributed by atoms with Crippen LogP contribution in [0, 0.1) is 35.0 Å². The van der Waals surface area contributed by atoms with Gasteiger partial charge in [0.15, 0.2) is 29.6 Å². The highest BCUT2D eigenvalue weighted by Gasteiger charge is 2.39. The predicted octanol–water partition coefficient (Wildman–Crippen LogP) is 7.05. The Balaban J connectivity index is 1.41. The molecule has 1 saturated heterocycles. The number of rotatable bonds is 9. The molecule has 11 heteroatoms. The first-order chi connectivity index (χ1) is 21.6. The maximum absolute atomic E-state index is 14.3. The van der Waals surface area contributed by atoms with Crippen LogP contribution >= 0.6 is 0 Å². The molecule has 0 unspecified atom stereocenters. The van der Waals surface area contributed by atoms with Crippen molar-refractivity contribution in [2.75, 3.05) is 18.9 Å². The van der Waals surface area contributed by atoms with Gasteiger partial charge in [-0.25, -0.2) is 22.0 Å². The molecule has 6 nitrogen and oxygen atoms in total. The molecule has 4 aromatic rings. The van der Waals surface area contributed by atoms with Gasteiger partial charge in [-0.1, -0.05) is 73.7 Å². The summed E-state index contributed by atoms with van der Waals surface area (Å²) < 4.78 is 82.3. The van der Waals surface area contributed by atoms with Gasteiger partial charge in [-0.2, -0.15) is 0 Å². The zero-order valence-corrected chi connectivity index (χ0v) is 24.4. The molecule has 1 amide bonds. The highest BCUT2D eigenvalue weighted by Crippen LogP contribution is 2.42. The van der Waals surface area contributed by atoms with Gasteiger partial charge in [0.2, 0.25) is 5.82 Å². The number of nitrogens with one attached hydrogen (secondary N) is 1. The van der Waals surface area contributed by atoms with Crippen LogP contribution < -0.4 is 5.32 Å². The predicted molar refractivity (Wildman–Crippen MR) is 156 cm³/mol. The first-order valence-corrected chi connectivity index (χ1v) is 14.2. The van der Waals surface area contributed by atoms with Gasteiger partial charge in [0.05, 0.1) is 18.8 Å². The number of benzene rings is 4. The number of hydrogen-bond donors (Lipinski definition) is 2. The van der Waals surface area contributed by atoms with E-state index in [0.717, 1.165) is 16.7 Å². The van der Waals surface area contributed by atoms with E-state index >= 15 is 0 Å². The number of anilines is 1. The van der Waals surface area contributed by atoms with Gasteiger partial charge in [-0.15, -0.1) is 0 Å². The smallest absolute Gasteiger partial charge is 0.261 e. The largest absolute Gasteiger partial charge is 0.392 e. The molecule has 1 heterocycles. The van der Waals surface area contributed by atoms with E-state index in [9.17, 15) is 31.9 Å². The standard InChI is InChI=1S/C34H31F5N2O4/c1-19-25(17-41(2)16-20-7-4-3-5-8-20)44-34(45-32(19)22-13-11-21(18-42)12-14-22)23-9-6-10-24(15-23)40-33(43)26-27(35)29(37)31(39)30(38)28(26)36/h3-15,19,25,32,34,42H,16-18H2,1-2H3,(H,40,43)/t19-,25+,32+,34+/m1/s1. The van der Waals surface area contributed by atoms with Gasteiger partial charge in [0, 0.05) is 30.3 Å². The third-order valence-electron chi connectivity index (χ3n) is 7.76. The maximum Gasteiger partial charge on any atom is 0.261 e. The fourth-order valence-electron chi connectivity index (χ4n) is 5.36. The Hall–Kier alpha value is -4.16. The summed E-state index contributed by atoms with van der Waals surface area (Å²) in [7, 11) is 1.98. The van der Waals surface area contributed by atoms with Crippen LogP contribution in [0.1, 0.15) is 51.9 Å². The van der Waals surface area contributed by atoms with Crippen LogP contribution in [-0.2, 0) is 22.6 Å². The third-order valence-corrected chi connectivity index (χ3v) is 7.76. The molecule has 0 aliphatic carbocycles. The van der Waals surface area contributed by atoms with Crippen LogP contribution in [0.2, 0.25) is 0 Å². The second kappa shape index (κ2) is 13.9. The summed E-state index contributed by atoms with van der Waals surface area (Å²) in [5, 5.41) is 11.7. The average molecular weight is 627 g/mol. The Morgan fingerprint density at radius 1 is 0.800 bits per heavy atom. The minimum atomic E-state index is -2.35. The van der Waals surface area contributed by atoms with E-state index < -0.39 is 53.0 Å². The molecule has 0 aromatic heterocycles. The van der Waals surface area contributed by atoms with Crippen molar-refractivity contribution in [2.24, 2.45) is 5.92 Å². The average Bonchev–Trinajstić information content (AvgIpc) is 3.04. The van der Waals surface area contributed by atoms with Crippen molar-refractivity contribution in [3.63, 3.8) is 0 Å². The molecule has 2 N–H and O–H groups in total. The minimum absolute atomic E-state index is 0.0221. The van der Waals surface area contributed by atoms with Crippen molar-refractivity contribution >= 4 is 11.6 Å². The summed E-state index contributed by atoms with van der Waals surface area (Å²) in [5.74, 6) is -12.9. The Bertz CT molecular complexity index is 1630. The lowest BCUT2D eigenvalue weighted by molar-refractivity contribution is -0.276. The Morgan fingerprint density at radius 2 is 1.44 bits per heavy atom. The monoisotopic (exact) mass is 626 g/mol. The van der Waals surface area contributed by atoms with Crippen molar-refractivity contribution < 1.29 is 41.3 Å². The van der Waals surface area contributed by atoms with E-state index in [2.05, 4.69) is 10.2 Å². The number of amides is 1. The molecule has 1 aliphatic rings. The fraction of sp³-hybridized carbons (Fsp3) is 0.265. The summed E-state index contributed by atoms with van der Waals surface area (Å²) in [6, 6.07) is 23.4. The highest BCUT2D eigenvalue weighted by atomic mass is 19.2. The number of hydrogen-bond acceptors (Lipinski definition) is 5. The highest BCUT2D eigenvalue weighted by molar-refractivity contribution is 6.04. The van der Waals surface area contributed by atoms with Crippen LogP contribution in [0.3, 0.4) is 0 Å². The number of likely N-dealkylation sites (N-methyl/N-ethyl adjacent to an activating group) is 1. The van der Waals surface area contributed by atoms with E-state index in [1.54, 1.807) is 6.07 Å². The summed E-state index contributed by atoms with van der Waals surface area (Å²) in [5.41, 5.74) is 1.61. The SMILES string of the molecule is C[C@@H]1[C@H](CN(C)Cc2ccccc2)O[C@H](c2cccc(NC(=O)c3c(F)c(F)c(F)c(F)c3F)c2)O[C@@H]1c1ccc(CO)cc1. The van der Waals surface area contributed by atoms with Crippen LogP contribution in [0.25, 0.3) is 0 Å². The molecular weight excluding hydrogens is 595 g/mol. The third kappa shape index (κ3) is 7.07. The summed E-state index contributed by atoms with van der Waals surface area (Å²) in [6.07, 6.45) is -1.70. The number of aliphatic hydroxyl groups is 1. The van der Waals surface area contributed by atoms with Gasteiger partial charge in [-0.05, 0) is 35.9 Å². The molecule has 0 saturated carbocycles. The number of nitrogens with zero attached hydrogens (tertiary/aromatic N) is 1. The van der Waals surface area contributed by atoms with E-state index in [0.29, 0.717) is 18.7 Å². The quantitative estimate of drug-likeness (QED) is 0.118. The Kier molecular flexibility index (Phi) is 9.93. The number of aliphatic hydroxyl groups excluding tert-OH is 1. The summed E-state index contributed by atoms with van der Waals surface area (Å²) in [6.45, 7) is 3.12. The molecule has 1 aliphatic heterocycles. The van der Waals surface area contributed by atoms with Crippen molar-refractivity contribution in [1.82, 2.24) is 4.90 Å². The van der Waals surface area contributed by atoms with Crippen LogP contribution in [0.5, 0.6) is 0 Å². The van der Waals surface area contributed by atoms with Gasteiger partial charge in [0.1, 0.15) is 5.56 Å². The second-order valence-electron chi connectivity index (χ2n) is 11.0. The van der Waals surface area contributed by atoms with Gasteiger partial charge in [-0.3, -0.25) is 9.69 Å². The van der Waals surface area contributed by atoms with E-state index in [4.69, 9.17) is 9.47 Å². The van der Waals surface area contributed by atoms with Gasteiger partial charge in [0.25, 0.3) is 5.91 Å². The molecular formula is C34H31F5N2O4. The molecule has 0 spiro atoms. The lowest BCUT2D eigenvalue weighted by Crippen LogP contribution is -2.43. The molecule has 0 radical (unpaired) electrons. The van der Waals surface area contributed by atoms with Crippen LogP contribution in [-0.4, -0.2) is 35.6 Å². The second-order valence-corrected chi connectivity index (χ2v) is 11.0. The number of ether oxygens (including phenoxy) is 2. The molecule has 4 atom stereocenters. The zero-order valence-electron chi connectivity index (χ0n) is 24.4. The Labute approximate surface area is 257 Å². The van der Waals surface area contributed by atoms with Gasteiger partial charge < -0.3 is 19.9 Å². The normalized spacial score (nSPS) is 19.9. The van der Waals surface area contributed by atoms with E-state index in [1.807, 2.05) is 68.6 Å². The molecule has 236 valence electrons. The maximum atomic E-state index is 14.3. The van der Waals surface area contributed by atoms with Crippen molar-refractivity contribution in [3.05, 3.63) is 136 Å². The van der Waals surface area contributed by atoms with E-state index in [-0.39, 0.29) is 24.3 Å². The zero-order chi connectivity index (χ0) is 32.2. The lowest BCUT2D eigenvalue weighted by Gasteiger charge is -2.42. The summed E-state index contributed by atoms with van der Waals surface area (Å²) in [4.78, 5) is 14.8. The first-order valence-electron chi connectivity index (χ1n) is 14.2. The molecule has 45 heavy (non-hydrogen) atoms. The number of carbonyl (C=O) groups is 1. The molecule has 1 fully saturated rings. The minimum Gasteiger partial charge on any atom is -0.392 e. The van der Waals surface area contributed by atoms with Crippen LogP contribution in [0.15, 0.2) is 78.9 Å². The topological polar surface area (TPSA) is 71.0 Å². The molecule has 0 bridgehead atoms. The van der Waals surface area contributed by atoms with Crippen molar-refractivity contribution in [2.45, 2.75) is 38.6 Å². The first kappa shape index (κ1) is 32.2. The van der Waals surface area contributed by atoms with Crippen LogP contribution in [0.4, 0.5) is 27.6 Å². The van der Waals surface area contributed by atoms with Crippen molar-refractivity contribution in [3.8, 4) is 0 Å². The van der Waals surface area contributed by atoms with E-state index in [1.165, 1.54) is 18.2 Å². The number of halogens is 5. The van der Waals surface area contributed by atoms with Gasteiger partial charge >= 0.3 is 0 Å². The van der Waals surface area contributed by atoms with Crippen molar-refractivity contribution in [1.29, 1.82) is 0 Å². The fourth-order valence-corrected chi connectivity index (χ4v) is 5.36. The summed E-state index contributed by atoms with van der Waals surface area (Å²) >= 11 is 0.